The quantitative estimate of drug-likeness (QED) is 0.885. The SMILES string of the molecule is O=C(O)COc1ccc2c(c1)CCC21CCOC1. The molecule has 1 atom stereocenters. The number of aryl methyl sites for hydroxylation is 1. The highest BCUT2D eigenvalue weighted by Crippen LogP contribution is 2.45. The average molecular weight is 248 g/mol. The molecule has 1 spiro atoms. The minimum Gasteiger partial charge on any atom is -0.482 e. The van der Waals surface area contributed by atoms with Crippen LogP contribution in [-0.4, -0.2) is 30.9 Å². The molecule has 1 unspecified atom stereocenters. The molecule has 0 radical (unpaired) electrons. The minimum absolute atomic E-state index is 0.209. The second-order valence-corrected chi connectivity index (χ2v) is 5.08. The zero-order valence-electron chi connectivity index (χ0n) is 10.1. The highest BCUT2D eigenvalue weighted by Gasteiger charge is 2.41. The first-order valence-electron chi connectivity index (χ1n) is 6.25. The van der Waals surface area contributed by atoms with Crippen molar-refractivity contribution < 1.29 is 19.4 Å². The van der Waals surface area contributed by atoms with Gasteiger partial charge in [0.15, 0.2) is 6.61 Å². The third-order valence-corrected chi connectivity index (χ3v) is 3.99. The lowest BCUT2D eigenvalue weighted by Crippen LogP contribution is -2.22. The second kappa shape index (κ2) is 4.28. The largest absolute Gasteiger partial charge is 0.482 e. The number of carbonyl (C=O) groups is 1. The van der Waals surface area contributed by atoms with Gasteiger partial charge >= 0.3 is 5.97 Å². The Bertz CT molecular complexity index is 475. The monoisotopic (exact) mass is 248 g/mol. The van der Waals surface area contributed by atoms with Crippen LogP contribution in [0.15, 0.2) is 18.2 Å². The van der Waals surface area contributed by atoms with E-state index in [1.807, 2.05) is 12.1 Å². The van der Waals surface area contributed by atoms with E-state index in [1.165, 1.54) is 11.1 Å². The molecule has 96 valence electrons. The van der Waals surface area contributed by atoms with Crippen molar-refractivity contribution in [3.8, 4) is 5.75 Å². The number of hydrogen-bond acceptors (Lipinski definition) is 3. The van der Waals surface area contributed by atoms with Crippen molar-refractivity contribution in [2.45, 2.75) is 24.7 Å². The third-order valence-electron chi connectivity index (χ3n) is 3.99. The first-order valence-corrected chi connectivity index (χ1v) is 6.25. The summed E-state index contributed by atoms with van der Waals surface area (Å²) in [6.07, 6.45) is 3.25. The van der Waals surface area contributed by atoms with Gasteiger partial charge in [-0.15, -0.1) is 0 Å². The lowest BCUT2D eigenvalue weighted by Gasteiger charge is -2.22. The van der Waals surface area contributed by atoms with E-state index < -0.39 is 5.97 Å². The van der Waals surface area contributed by atoms with E-state index in [0.29, 0.717) is 5.75 Å². The number of rotatable bonds is 3. The van der Waals surface area contributed by atoms with E-state index in [2.05, 4.69) is 6.07 Å². The number of ether oxygens (including phenoxy) is 2. The number of carboxylic acid groups (broad SMARTS) is 1. The summed E-state index contributed by atoms with van der Waals surface area (Å²) >= 11 is 0. The van der Waals surface area contributed by atoms with Gasteiger partial charge in [0.25, 0.3) is 0 Å². The summed E-state index contributed by atoms with van der Waals surface area (Å²) in [5, 5.41) is 8.59. The third kappa shape index (κ3) is 1.86. The summed E-state index contributed by atoms with van der Waals surface area (Å²) in [6, 6.07) is 5.92. The topological polar surface area (TPSA) is 55.8 Å². The van der Waals surface area contributed by atoms with Crippen LogP contribution in [0, 0.1) is 0 Å². The first kappa shape index (κ1) is 11.5. The van der Waals surface area contributed by atoms with Crippen LogP contribution in [0.1, 0.15) is 24.0 Å². The van der Waals surface area contributed by atoms with Gasteiger partial charge in [-0.1, -0.05) is 6.07 Å². The van der Waals surface area contributed by atoms with Crippen LogP contribution in [0.2, 0.25) is 0 Å². The summed E-state index contributed by atoms with van der Waals surface area (Å²) in [7, 11) is 0. The molecule has 0 bridgehead atoms. The fraction of sp³-hybridized carbons (Fsp3) is 0.500. The Morgan fingerprint density at radius 2 is 2.33 bits per heavy atom. The molecule has 3 rings (SSSR count). The van der Waals surface area contributed by atoms with Gasteiger partial charge in [0.05, 0.1) is 6.61 Å². The molecule has 18 heavy (non-hydrogen) atoms. The molecule has 4 heteroatoms. The van der Waals surface area contributed by atoms with Crippen molar-refractivity contribution >= 4 is 5.97 Å². The fourth-order valence-corrected chi connectivity index (χ4v) is 3.05. The summed E-state index contributed by atoms with van der Waals surface area (Å²) in [5.41, 5.74) is 2.85. The Labute approximate surface area is 106 Å². The van der Waals surface area contributed by atoms with Gasteiger partial charge in [-0.05, 0) is 42.5 Å². The van der Waals surface area contributed by atoms with Crippen molar-refractivity contribution in [3.63, 3.8) is 0 Å². The summed E-state index contributed by atoms with van der Waals surface area (Å²) in [5.74, 6) is -0.303. The Morgan fingerprint density at radius 3 is 3.06 bits per heavy atom. The molecule has 1 aromatic rings. The van der Waals surface area contributed by atoms with Crippen molar-refractivity contribution in [3.05, 3.63) is 29.3 Å². The van der Waals surface area contributed by atoms with Gasteiger partial charge in [0, 0.05) is 12.0 Å². The zero-order chi connectivity index (χ0) is 12.6. The molecule has 1 aliphatic carbocycles. The maximum Gasteiger partial charge on any atom is 0.341 e. The standard InChI is InChI=1S/C14H16O4/c15-13(16)8-18-11-1-2-12-10(7-11)3-4-14(12)5-6-17-9-14/h1-2,7H,3-6,8-9H2,(H,15,16). The molecular weight excluding hydrogens is 232 g/mol. The Kier molecular flexibility index (Phi) is 2.74. The Hall–Kier alpha value is -1.55. The van der Waals surface area contributed by atoms with E-state index in [9.17, 15) is 4.79 Å². The van der Waals surface area contributed by atoms with Crippen molar-refractivity contribution in [1.29, 1.82) is 0 Å². The molecule has 0 amide bonds. The lowest BCUT2D eigenvalue weighted by atomic mass is 9.81. The number of carboxylic acids is 1. The van der Waals surface area contributed by atoms with E-state index in [-0.39, 0.29) is 12.0 Å². The van der Waals surface area contributed by atoms with Crippen LogP contribution in [0.3, 0.4) is 0 Å². The minimum atomic E-state index is -0.948. The molecular formula is C14H16O4. The molecule has 1 fully saturated rings. The van der Waals surface area contributed by atoms with Gasteiger partial charge in [0.2, 0.25) is 0 Å². The van der Waals surface area contributed by atoms with Gasteiger partial charge in [0.1, 0.15) is 5.75 Å². The highest BCUT2D eigenvalue weighted by molar-refractivity contribution is 5.68. The van der Waals surface area contributed by atoms with E-state index in [1.54, 1.807) is 0 Å². The van der Waals surface area contributed by atoms with Crippen molar-refractivity contribution in [1.82, 2.24) is 0 Å². The summed E-state index contributed by atoms with van der Waals surface area (Å²) < 4.78 is 10.8. The number of fused-ring (bicyclic) bond motifs is 2. The molecule has 1 aromatic carbocycles. The van der Waals surface area contributed by atoms with Crippen LogP contribution in [-0.2, 0) is 21.4 Å². The zero-order valence-corrected chi connectivity index (χ0v) is 10.1. The highest BCUT2D eigenvalue weighted by atomic mass is 16.5. The predicted octanol–water partition coefficient (Wildman–Crippen LogP) is 1.75. The molecule has 1 aliphatic heterocycles. The molecule has 4 nitrogen and oxygen atoms in total. The Morgan fingerprint density at radius 1 is 1.44 bits per heavy atom. The normalized spacial score (nSPS) is 25.3. The first-order chi connectivity index (χ1) is 8.70. The van der Waals surface area contributed by atoms with Crippen LogP contribution in [0.5, 0.6) is 5.75 Å². The van der Waals surface area contributed by atoms with Crippen LogP contribution in [0.4, 0.5) is 0 Å². The maximum atomic E-state index is 10.5. The van der Waals surface area contributed by atoms with Gasteiger partial charge < -0.3 is 14.6 Å². The van der Waals surface area contributed by atoms with E-state index >= 15 is 0 Å². The number of aliphatic carboxylic acids is 1. The lowest BCUT2D eigenvalue weighted by molar-refractivity contribution is -0.139. The maximum absolute atomic E-state index is 10.5. The number of benzene rings is 1. The fourth-order valence-electron chi connectivity index (χ4n) is 3.05. The van der Waals surface area contributed by atoms with Crippen molar-refractivity contribution in [2.75, 3.05) is 19.8 Å². The van der Waals surface area contributed by atoms with Crippen LogP contribution in [0.25, 0.3) is 0 Å². The van der Waals surface area contributed by atoms with E-state index in [4.69, 9.17) is 14.6 Å². The second-order valence-electron chi connectivity index (χ2n) is 5.08. The average Bonchev–Trinajstić information content (AvgIpc) is 2.97. The predicted molar refractivity (Wildman–Crippen MR) is 65.0 cm³/mol. The van der Waals surface area contributed by atoms with Crippen molar-refractivity contribution in [2.24, 2.45) is 0 Å². The van der Waals surface area contributed by atoms with Gasteiger partial charge in [-0.3, -0.25) is 0 Å². The summed E-state index contributed by atoms with van der Waals surface area (Å²) in [4.78, 5) is 10.5. The summed E-state index contributed by atoms with van der Waals surface area (Å²) in [6.45, 7) is 1.37. The Balaban J connectivity index is 1.83. The van der Waals surface area contributed by atoms with Gasteiger partial charge in [-0.25, -0.2) is 4.79 Å². The molecule has 0 aromatic heterocycles. The molecule has 0 saturated carbocycles. The molecule has 2 aliphatic rings. The number of hydrogen-bond donors (Lipinski definition) is 1. The smallest absolute Gasteiger partial charge is 0.341 e. The molecule has 1 saturated heterocycles. The van der Waals surface area contributed by atoms with Crippen LogP contribution < -0.4 is 4.74 Å². The molecule has 1 N–H and O–H groups in total. The van der Waals surface area contributed by atoms with Crippen LogP contribution >= 0.6 is 0 Å². The van der Waals surface area contributed by atoms with E-state index in [0.717, 1.165) is 32.5 Å². The van der Waals surface area contributed by atoms with Gasteiger partial charge in [-0.2, -0.15) is 0 Å². The molecule has 1 heterocycles.